The Bertz CT molecular complexity index is 517. The van der Waals surface area contributed by atoms with Gasteiger partial charge in [0.2, 0.25) is 11.6 Å². The van der Waals surface area contributed by atoms with E-state index in [0.29, 0.717) is 17.7 Å². The fourth-order valence-electron chi connectivity index (χ4n) is 1.66. The van der Waals surface area contributed by atoms with E-state index in [1.165, 1.54) is 0 Å². The average Bonchev–Trinajstić information content (AvgIpc) is 2.36. The molecule has 4 heteroatoms. The summed E-state index contributed by atoms with van der Waals surface area (Å²) < 4.78 is 5.56. The van der Waals surface area contributed by atoms with Crippen LogP contribution in [0.3, 0.4) is 0 Å². The minimum Gasteiger partial charge on any atom is -0.488 e. The second kappa shape index (κ2) is 4.84. The van der Waals surface area contributed by atoms with Crippen molar-refractivity contribution in [3.05, 3.63) is 45.6 Å². The minimum atomic E-state index is -0.236. The number of rotatable bonds is 3. The summed E-state index contributed by atoms with van der Waals surface area (Å²) in [5.74, 6) is -0.317. The molecule has 0 bridgehead atoms. The number of allylic oxidation sites excluding steroid dienone is 2. The lowest BCUT2D eigenvalue weighted by molar-refractivity contribution is 0.0880. The molecule has 0 spiro atoms. The maximum atomic E-state index is 12.1. The summed E-state index contributed by atoms with van der Waals surface area (Å²) in [7, 11) is 0. The molecule has 0 atom stereocenters. The fourth-order valence-corrected chi connectivity index (χ4v) is 2.16. The SMILES string of the molecule is CCCOC1=C(Br)C(=O)c2ccccc2C1=O. The van der Waals surface area contributed by atoms with Crippen molar-refractivity contribution in [2.24, 2.45) is 0 Å². The van der Waals surface area contributed by atoms with Crippen LogP contribution in [0.25, 0.3) is 0 Å². The second-order valence-electron chi connectivity index (χ2n) is 3.70. The summed E-state index contributed by atoms with van der Waals surface area (Å²) in [5, 5.41) is 0. The van der Waals surface area contributed by atoms with E-state index in [4.69, 9.17) is 4.74 Å². The Labute approximate surface area is 108 Å². The normalized spacial score (nSPS) is 14.9. The number of fused-ring (bicyclic) bond motifs is 1. The second-order valence-corrected chi connectivity index (χ2v) is 4.49. The van der Waals surface area contributed by atoms with E-state index >= 15 is 0 Å². The van der Waals surface area contributed by atoms with Crippen LogP contribution >= 0.6 is 15.9 Å². The third-order valence-electron chi connectivity index (χ3n) is 2.47. The Morgan fingerprint density at radius 2 is 1.71 bits per heavy atom. The van der Waals surface area contributed by atoms with Crippen molar-refractivity contribution >= 4 is 27.5 Å². The molecule has 1 aliphatic carbocycles. The monoisotopic (exact) mass is 294 g/mol. The first-order chi connectivity index (χ1) is 8.16. The highest BCUT2D eigenvalue weighted by molar-refractivity contribution is 9.12. The maximum absolute atomic E-state index is 12.1. The third kappa shape index (κ3) is 2.05. The van der Waals surface area contributed by atoms with Gasteiger partial charge in [0.1, 0.15) is 4.48 Å². The lowest BCUT2D eigenvalue weighted by Crippen LogP contribution is -2.21. The van der Waals surface area contributed by atoms with Crippen LogP contribution in [0.2, 0.25) is 0 Å². The molecule has 1 aromatic rings. The summed E-state index contributed by atoms with van der Waals surface area (Å²) in [6, 6.07) is 6.76. The van der Waals surface area contributed by atoms with Gasteiger partial charge in [-0.3, -0.25) is 9.59 Å². The predicted molar refractivity (Wildman–Crippen MR) is 67.3 cm³/mol. The van der Waals surface area contributed by atoms with Gasteiger partial charge < -0.3 is 4.74 Å². The summed E-state index contributed by atoms with van der Waals surface area (Å²) in [6.07, 6.45) is 0.785. The standard InChI is InChI=1S/C13H11BrO3/c1-2-7-17-13-10(14)11(15)8-5-3-4-6-9(8)12(13)16/h3-6H,2,7H2,1H3. The minimum absolute atomic E-state index is 0.121. The van der Waals surface area contributed by atoms with Gasteiger partial charge in [-0.25, -0.2) is 0 Å². The molecule has 1 aromatic carbocycles. The zero-order valence-electron chi connectivity index (χ0n) is 9.33. The van der Waals surface area contributed by atoms with Crippen molar-refractivity contribution in [2.75, 3.05) is 6.61 Å². The summed E-state index contributed by atoms with van der Waals surface area (Å²) in [5.41, 5.74) is 0.833. The molecule has 3 nitrogen and oxygen atoms in total. The largest absolute Gasteiger partial charge is 0.488 e. The smallest absolute Gasteiger partial charge is 0.229 e. The molecule has 0 saturated carbocycles. The molecule has 0 heterocycles. The highest BCUT2D eigenvalue weighted by atomic mass is 79.9. The van der Waals surface area contributed by atoms with Gasteiger partial charge in [-0.2, -0.15) is 0 Å². The van der Waals surface area contributed by atoms with E-state index in [1.54, 1.807) is 24.3 Å². The van der Waals surface area contributed by atoms with E-state index < -0.39 is 0 Å². The molecule has 0 saturated heterocycles. The predicted octanol–water partition coefficient (Wildman–Crippen LogP) is 3.10. The molecule has 0 aromatic heterocycles. The molecule has 0 radical (unpaired) electrons. The van der Waals surface area contributed by atoms with Crippen molar-refractivity contribution in [3.63, 3.8) is 0 Å². The van der Waals surface area contributed by atoms with E-state index in [0.717, 1.165) is 6.42 Å². The molecule has 0 unspecified atom stereocenters. The summed E-state index contributed by atoms with van der Waals surface area (Å²) >= 11 is 3.14. The first-order valence-electron chi connectivity index (χ1n) is 5.37. The molecule has 0 fully saturated rings. The van der Waals surface area contributed by atoms with E-state index in [9.17, 15) is 9.59 Å². The lowest BCUT2D eigenvalue weighted by atomic mass is 9.94. The van der Waals surface area contributed by atoms with Gasteiger partial charge in [0, 0.05) is 11.1 Å². The first-order valence-corrected chi connectivity index (χ1v) is 6.17. The molecule has 2 rings (SSSR count). The molecule has 0 amide bonds. The zero-order chi connectivity index (χ0) is 12.4. The van der Waals surface area contributed by atoms with Crippen molar-refractivity contribution in [1.29, 1.82) is 0 Å². The summed E-state index contributed by atoms with van der Waals surface area (Å²) in [6.45, 7) is 2.36. The maximum Gasteiger partial charge on any atom is 0.229 e. The molecular formula is C13H11BrO3. The van der Waals surface area contributed by atoms with Crippen molar-refractivity contribution < 1.29 is 14.3 Å². The van der Waals surface area contributed by atoms with Crippen molar-refractivity contribution in [3.8, 4) is 0 Å². The van der Waals surface area contributed by atoms with Crippen LogP contribution in [-0.4, -0.2) is 18.2 Å². The number of ether oxygens (including phenoxy) is 1. The third-order valence-corrected chi connectivity index (χ3v) is 3.19. The number of ketones is 2. The van der Waals surface area contributed by atoms with Crippen LogP contribution < -0.4 is 0 Å². The number of hydrogen-bond acceptors (Lipinski definition) is 3. The van der Waals surface area contributed by atoms with Crippen LogP contribution in [0.15, 0.2) is 34.5 Å². The number of Topliss-reactive ketones (excluding diaryl/α,β-unsaturated/α-hetero) is 2. The molecule has 88 valence electrons. The van der Waals surface area contributed by atoms with Gasteiger partial charge in [-0.05, 0) is 22.4 Å². The lowest BCUT2D eigenvalue weighted by Gasteiger charge is -2.17. The molecule has 0 aliphatic heterocycles. The zero-order valence-corrected chi connectivity index (χ0v) is 10.9. The van der Waals surface area contributed by atoms with Gasteiger partial charge >= 0.3 is 0 Å². The van der Waals surface area contributed by atoms with E-state index in [1.807, 2.05) is 6.92 Å². The topological polar surface area (TPSA) is 43.4 Å². The first kappa shape index (κ1) is 12.0. The van der Waals surface area contributed by atoms with Gasteiger partial charge in [0.05, 0.1) is 6.61 Å². The summed E-state index contributed by atoms with van der Waals surface area (Å²) in [4.78, 5) is 24.1. The van der Waals surface area contributed by atoms with Gasteiger partial charge in [0.25, 0.3) is 0 Å². The highest BCUT2D eigenvalue weighted by Crippen LogP contribution is 2.30. The Hall–Kier alpha value is -1.42. The number of benzene rings is 1. The molecule has 17 heavy (non-hydrogen) atoms. The average molecular weight is 295 g/mol. The molecule has 0 N–H and O–H groups in total. The van der Waals surface area contributed by atoms with E-state index in [2.05, 4.69) is 15.9 Å². The van der Waals surface area contributed by atoms with Crippen LogP contribution in [0, 0.1) is 0 Å². The van der Waals surface area contributed by atoms with Crippen LogP contribution in [0.4, 0.5) is 0 Å². The van der Waals surface area contributed by atoms with Crippen LogP contribution in [0.5, 0.6) is 0 Å². The quantitative estimate of drug-likeness (QED) is 0.860. The molecular weight excluding hydrogens is 284 g/mol. The Balaban J connectivity index is 2.47. The Morgan fingerprint density at radius 1 is 1.12 bits per heavy atom. The Morgan fingerprint density at radius 3 is 2.29 bits per heavy atom. The van der Waals surface area contributed by atoms with E-state index in [-0.39, 0.29) is 21.8 Å². The molecule has 1 aliphatic rings. The highest BCUT2D eigenvalue weighted by Gasteiger charge is 2.31. The number of carbonyl (C=O) groups is 2. The number of hydrogen-bond donors (Lipinski definition) is 0. The van der Waals surface area contributed by atoms with Crippen molar-refractivity contribution in [2.45, 2.75) is 13.3 Å². The Kier molecular flexibility index (Phi) is 3.43. The van der Waals surface area contributed by atoms with Gasteiger partial charge in [-0.1, -0.05) is 31.2 Å². The van der Waals surface area contributed by atoms with Crippen LogP contribution in [-0.2, 0) is 4.74 Å². The van der Waals surface area contributed by atoms with Crippen molar-refractivity contribution in [1.82, 2.24) is 0 Å². The van der Waals surface area contributed by atoms with Gasteiger partial charge in [0.15, 0.2) is 5.76 Å². The van der Waals surface area contributed by atoms with Gasteiger partial charge in [-0.15, -0.1) is 0 Å². The number of halogens is 1. The fraction of sp³-hybridized carbons (Fsp3) is 0.231. The van der Waals surface area contributed by atoms with Crippen LogP contribution in [0.1, 0.15) is 34.1 Å². The number of carbonyl (C=O) groups excluding carboxylic acids is 2.